The highest BCUT2D eigenvalue weighted by atomic mass is 14.9. The maximum atomic E-state index is 8.94. The van der Waals surface area contributed by atoms with Crippen LogP contribution in [0, 0.1) is 16.7 Å². The highest BCUT2D eigenvalue weighted by molar-refractivity contribution is 5.65. The average molecular weight is 304 g/mol. The van der Waals surface area contributed by atoms with E-state index < -0.39 is 0 Å². The van der Waals surface area contributed by atoms with Gasteiger partial charge in [-0.3, -0.25) is 0 Å². The lowest BCUT2D eigenvalue weighted by atomic mass is 9.72. The monoisotopic (exact) mass is 304 g/mol. The van der Waals surface area contributed by atoms with Gasteiger partial charge in [-0.1, -0.05) is 49.4 Å². The first-order valence-electron chi connectivity index (χ1n) is 8.48. The number of nitrogens with zero attached hydrogens (tertiary/aromatic N) is 1. The first kappa shape index (κ1) is 15.6. The maximum Gasteiger partial charge on any atom is 0.0627 e. The van der Waals surface area contributed by atoms with Crippen molar-refractivity contribution in [3.63, 3.8) is 0 Å². The Labute approximate surface area is 139 Å². The largest absolute Gasteiger partial charge is 0.382 e. The van der Waals surface area contributed by atoms with Gasteiger partial charge in [-0.15, -0.1) is 0 Å². The second kappa shape index (κ2) is 6.87. The molecule has 2 nitrogen and oxygen atoms in total. The molecule has 0 heterocycles. The number of hydrogen-bond acceptors (Lipinski definition) is 2. The van der Waals surface area contributed by atoms with Gasteiger partial charge in [0.05, 0.1) is 6.07 Å². The van der Waals surface area contributed by atoms with Gasteiger partial charge in [0.15, 0.2) is 0 Å². The molecule has 1 N–H and O–H groups in total. The van der Waals surface area contributed by atoms with E-state index in [1.165, 1.54) is 16.8 Å². The molecule has 0 atom stereocenters. The first-order chi connectivity index (χ1) is 11.2. The molecule has 0 saturated heterocycles. The molecule has 0 spiro atoms. The third kappa shape index (κ3) is 3.93. The lowest BCUT2D eigenvalue weighted by Crippen LogP contribution is -2.31. The van der Waals surface area contributed by atoms with Crippen LogP contribution >= 0.6 is 0 Å². The van der Waals surface area contributed by atoms with Crippen LogP contribution in [-0.4, -0.2) is 6.04 Å². The van der Waals surface area contributed by atoms with Gasteiger partial charge in [0.1, 0.15) is 0 Å². The molecule has 2 aromatic carbocycles. The van der Waals surface area contributed by atoms with Crippen LogP contribution in [0.4, 0.5) is 5.69 Å². The molecule has 0 aromatic heterocycles. The Hall–Kier alpha value is -2.27. The Morgan fingerprint density at radius 1 is 1.00 bits per heavy atom. The van der Waals surface area contributed by atoms with Gasteiger partial charge in [-0.2, -0.15) is 5.26 Å². The summed E-state index contributed by atoms with van der Waals surface area (Å²) in [5.74, 6) is 0. The zero-order valence-corrected chi connectivity index (χ0v) is 13.8. The zero-order valence-electron chi connectivity index (χ0n) is 13.8. The maximum absolute atomic E-state index is 8.94. The molecular formula is C21H24N2. The minimum Gasteiger partial charge on any atom is -0.382 e. The summed E-state index contributed by atoms with van der Waals surface area (Å²) in [7, 11) is 0. The Balaban J connectivity index is 1.59. The molecule has 2 aromatic rings. The molecule has 0 bridgehead atoms. The summed E-state index contributed by atoms with van der Waals surface area (Å²) in [6, 6.07) is 22.0. The lowest BCUT2D eigenvalue weighted by molar-refractivity contribution is 0.211. The molecule has 1 aliphatic rings. The molecule has 2 heteroatoms. The standard InChI is InChI=1S/C21H24N2/c1-21(15-16-22)13-11-20(12-14-21)23-19-9-7-18(8-10-19)17-5-3-2-4-6-17/h2-10,20,23H,11-15H2,1H3. The topological polar surface area (TPSA) is 35.8 Å². The van der Waals surface area contributed by atoms with Gasteiger partial charge in [-0.05, 0) is 54.4 Å². The van der Waals surface area contributed by atoms with Crippen LogP contribution in [-0.2, 0) is 0 Å². The lowest BCUT2D eigenvalue weighted by Gasteiger charge is -2.36. The van der Waals surface area contributed by atoms with Gasteiger partial charge in [0.2, 0.25) is 0 Å². The van der Waals surface area contributed by atoms with Crippen molar-refractivity contribution in [3.8, 4) is 17.2 Å². The van der Waals surface area contributed by atoms with Crippen LogP contribution in [0.2, 0.25) is 0 Å². The molecule has 1 saturated carbocycles. The Kier molecular flexibility index (Phi) is 4.67. The van der Waals surface area contributed by atoms with E-state index in [1.807, 2.05) is 6.07 Å². The summed E-state index contributed by atoms with van der Waals surface area (Å²) in [4.78, 5) is 0. The minimum atomic E-state index is 0.226. The van der Waals surface area contributed by atoms with Crippen molar-refractivity contribution in [1.29, 1.82) is 5.26 Å². The predicted molar refractivity (Wildman–Crippen MR) is 96.1 cm³/mol. The van der Waals surface area contributed by atoms with E-state index >= 15 is 0 Å². The average Bonchev–Trinajstić information content (AvgIpc) is 2.59. The molecule has 3 rings (SSSR count). The normalized spacial score (nSPS) is 23.9. The van der Waals surface area contributed by atoms with Crippen LogP contribution in [0.1, 0.15) is 39.0 Å². The molecule has 0 radical (unpaired) electrons. The summed E-state index contributed by atoms with van der Waals surface area (Å²) in [6.07, 6.45) is 5.27. The van der Waals surface area contributed by atoms with Gasteiger partial charge in [0.25, 0.3) is 0 Å². The number of anilines is 1. The fraction of sp³-hybridized carbons (Fsp3) is 0.381. The molecule has 1 fully saturated rings. The summed E-state index contributed by atoms with van der Waals surface area (Å²) in [5.41, 5.74) is 3.92. The van der Waals surface area contributed by atoms with Crippen molar-refractivity contribution in [2.45, 2.75) is 45.1 Å². The number of rotatable bonds is 4. The first-order valence-corrected chi connectivity index (χ1v) is 8.48. The van der Waals surface area contributed by atoms with Crippen LogP contribution in [0.5, 0.6) is 0 Å². The van der Waals surface area contributed by atoms with Gasteiger partial charge in [0, 0.05) is 18.2 Å². The number of benzene rings is 2. The third-order valence-electron chi connectivity index (χ3n) is 5.06. The third-order valence-corrected chi connectivity index (χ3v) is 5.06. The number of nitrogens with one attached hydrogen (secondary N) is 1. The quantitative estimate of drug-likeness (QED) is 0.794. The van der Waals surface area contributed by atoms with Gasteiger partial charge in [-0.25, -0.2) is 0 Å². The summed E-state index contributed by atoms with van der Waals surface area (Å²) < 4.78 is 0. The van der Waals surface area contributed by atoms with E-state index in [0.717, 1.165) is 25.7 Å². The molecular weight excluding hydrogens is 280 g/mol. The van der Waals surface area contributed by atoms with Gasteiger partial charge < -0.3 is 5.32 Å². The SMILES string of the molecule is CC1(CC#N)CCC(Nc2ccc(-c3ccccc3)cc2)CC1. The van der Waals surface area contributed by atoms with Crippen LogP contribution < -0.4 is 5.32 Å². The zero-order chi connectivity index (χ0) is 16.1. The van der Waals surface area contributed by atoms with Crippen molar-refractivity contribution in [1.82, 2.24) is 0 Å². The van der Waals surface area contributed by atoms with Crippen molar-refractivity contribution < 1.29 is 0 Å². The highest BCUT2D eigenvalue weighted by Gasteiger charge is 2.30. The summed E-state index contributed by atoms with van der Waals surface area (Å²) in [5, 5.41) is 12.6. The van der Waals surface area contributed by atoms with Crippen LogP contribution in [0.3, 0.4) is 0 Å². The van der Waals surface area contributed by atoms with Gasteiger partial charge >= 0.3 is 0 Å². The smallest absolute Gasteiger partial charge is 0.0627 e. The molecule has 23 heavy (non-hydrogen) atoms. The summed E-state index contributed by atoms with van der Waals surface area (Å²) in [6.45, 7) is 2.25. The van der Waals surface area contributed by atoms with Crippen molar-refractivity contribution in [2.24, 2.45) is 5.41 Å². The Bertz CT molecular complexity index is 659. The molecule has 0 aliphatic heterocycles. The van der Waals surface area contributed by atoms with Crippen LogP contribution in [0.25, 0.3) is 11.1 Å². The molecule has 0 unspecified atom stereocenters. The molecule has 1 aliphatic carbocycles. The molecule has 118 valence electrons. The highest BCUT2D eigenvalue weighted by Crippen LogP contribution is 2.39. The summed E-state index contributed by atoms with van der Waals surface area (Å²) >= 11 is 0. The van der Waals surface area contributed by atoms with E-state index in [9.17, 15) is 0 Å². The second-order valence-corrected chi connectivity index (χ2v) is 7.01. The van der Waals surface area contributed by atoms with E-state index in [1.54, 1.807) is 0 Å². The van der Waals surface area contributed by atoms with E-state index in [4.69, 9.17) is 5.26 Å². The van der Waals surface area contributed by atoms with Crippen molar-refractivity contribution in [3.05, 3.63) is 54.6 Å². The Morgan fingerprint density at radius 2 is 1.61 bits per heavy atom. The predicted octanol–water partition coefficient (Wildman–Crippen LogP) is 5.63. The minimum absolute atomic E-state index is 0.226. The second-order valence-electron chi connectivity index (χ2n) is 7.01. The fourth-order valence-corrected chi connectivity index (χ4v) is 3.45. The molecule has 0 amide bonds. The van der Waals surface area contributed by atoms with Crippen molar-refractivity contribution >= 4 is 5.69 Å². The fourth-order valence-electron chi connectivity index (χ4n) is 3.45. The van der Waals surface area contributed by atoms with E-state index in [0.29, 0.717) is 12.5 Å². The number of hydrogen-bond donors (Lipinski definition) is 1. The Morgan fingerprint density at radius 3 is 2.22 bits per heavy atom. The van der Waals surface area contributed by atoms with Crippen molar-refractivity contribution in [2.75, 3.05) is 5.32 Å². The van der Waals surface area contributed by atoms with E-state index in [2.05, 4.69) is 66.8 Å². The number of nitriles is 1. The van der Waals surface area contributed by atoms with E-state index in [-0.39, 0.29) is 5.41 Å². The van der Waals surface area contributed by atoms with Crippen LogP contribution in [0.15, 0.2) is 54.6 Å².